The van der Waals surface area contributed by atoms with Gasteiger partial charge in [0.1, 0.15) is 12.1 Å². The third-order valence-corrected chi connectivity index (χ3v) is 4.57. The van der Waals surface area contributed by atoms with Crippen molar-refractivity contribution in [3.63, 3.8) is 0 Å². The second-order valence-corrected chi connectivity index (χ2v) is 8.51. The van der Waals surface area contributed by atoms with Crippen LogP contribution in [0.2, 0.25) is 15.1 Å². The number of rotatable bonds is 5. The fraction of sp³-hybridized carbons (Fsp3) is 0.286. The fourth-order valence-corrected chi connectivity index (χ4v) is 3.56. The highest BCUT2D eigenvalue weighted by Gasteiger charge is 2.28. The van der Waals surface area contributed by atoms with Crippen molar-refractivity contribution in [1.29, 1.82) is 0 Å². The van der Waals surface area contributed by atoms with Crippen molar-refractivity contribution in [3.8, 4) is 0 Å². The Morgan fingerprint density at radius 3 is 2.13 bits per heavy atom. The number of nitrogens with zero attached hydrogens (tertiary/aromatic N) is 1. The summed E-state index contributed by atoms with van der Waals surface area (Å²) in [6.07, 6.45) is 0. The average molecular weight is 473 g/mol. The highest BCUT2D eigenvalue weighted by Crippen LogP contribution is 2.31. The van der Waals surface area contributed by atoms with Crippen molar-refractivity contribution >= 4 is 58.3 Å². The molecule has 2 rings (SSSR count). The minimum absolute atomic E-state index is 0.0239. The molecule has 0 aromatic heterocycles. The van der Waals surface area contributed by atoms with Gasteiger partial charge in [0, 0.05) is 10.7 Å². The molecule has 0 aliphatic rings. The molecule has 0 fully saturated rings. The molecule has 0 spiro atoms. The minimum atomic E-state index is -0.755. The molecule has 9 heteroatoms. The lowest BCUT2D eigenvalue weighted by Gasteiger charge is -2.26. The van der Waals surface area contributed by atoms with Crippen molar-refractivity contribution < 1.29 is 23.9 Å². The second kappa shape index (κ2) is 9.69. The molecule has 0 atom stereocenters. The van der Waals surface area contributed by atoms with Gasteiger partial charge in [-0.3, -0.25) is 14.5 Å². The van der Waals surface area contributed by atoms with Crippen molar-refractivity contribution in [2.45, 2.75) is 26.4 Å². The molecule has 6 nitrogen and oxygen atoms in total. The number of halogens is 3. The Bertz CT molecular complexity index is 962. The van der Waals surface area contributed by atoms with Crippen LogP contribution in [0.4, 0.5) is 5.69 Å². The van der Waals surface area contributed by atoms with Gasteiger partial charge in [-0.1, -0.05) is 40.9 Å². The van der Waals surface area contributed by atoms with E-state index in [4.69, 9.17) is 44.3 Å². The first-order chi connectivity index (χ1) is 13.9. The van der Waals surface area contributed by atoms with E-state index in [1.165, 1.54) is 31.4 Å². The zero-order valence-corrected chi connectivity index (χ0v) is 19.1. The monoisotopic (exact) mass is 471 g/mol. The van der Waals surface area contributed by atoms with Crippen LogP contribution >= 0.6 is 34.8 Å². The third kappa shape index (κ3) is 6.11. The smallest absolute Gasteiger partial charge is 0.337 e. The molecule has 160 valence electrons. The molecule has 0 unspecified atom stereocenters. The largest absolute Gasteiger partial charge is 0.465 e. The highest BCUT2D eigenvalue weighted by atomic mass is 35.5. The molecule has 0 N–H and O–H groups in total. The Morgan fingerprint density at radius 1 is 1.00 bits per heavy atom. The Kier molecular flexibility index (Phi) is 7.75. The SMILES string of the molecule is COC(=O)c1cccc(N(CC(=O)OC(C)(C)C)C(=O)c2c(Cl)cc(Cl)cc2Cl)c1. The zero-order valence-electron chi connectivity index (χ0n) is 16.8. The van der Waals surface area contributed by atoms with E-state index in [0.717, 1.165) is 4.90 Å². The molecule has 0 aliphatic carbocycles. The predicted molar refractivity (Wildman–Crippen MR) is 117 cm³/mol. The van der Waals surface area contributed by atoms with Gasteiger partial charge in [0.05, 0.1) is 28.3 Å². The summed E-state index contributed by atoms with van der Waals surface area (Å²) in [5, 5.41) is 0.305. The molecule has 2 aromatic rings. The van der Waals surface area contributed by atoms with Crippen LogP contribution in [0.1, 0.15) is 41.5 Å². The number of carbonyl (C=O) groups excluding carboxylic acids is 3. The maximum Gasteiger partial charge on any atom is 0.337 e. The van der Waals surface area contributed by atoms with Crippen LogP contribution in [0.3, 0.4) is 0 Å². The topological polar surface area (TPSA) is 72.9 Å². The second-order valence-electron chi connectivity index (χ2n) is 7.26. The number of amides is 1. The quantitative estimate of drug-likeness (QED) is 0.543. The lowest BCUT2D eigenvalue weighted by atomic mass is 10.1. The maximum atomic E-state index is 13.3. The summed E-state index contributed by atoms with van der Waals surface area (Å²) in [5.41, 5.74) is -0.328. The molecular formula is C21H20Cl3NO5. The van der Waals surface area contributed by atoms with Crippen LogP contribution in [0.25, 0.3) is 0 Å². The van der Waals surface area contributed by atoms with Gasteiger partial charge in [-0.2, -0.15) is 0 Å². The summed E-state index contributed by atoms with van der Waals surface area (Å²) in [6.45, 7) is 4.70. The molecule has 0 saturated carbocycles. The summed E-state index contributed by atoms with van der Waals surface area (Å²) in [4.78, 5) is 38.9. The summed E-state index contributed by atoms with van der Waals surface area (Å²) in [6, 6.07) is 8.81. The van der Waals surface area contributed by atoms with Gasteiger partial charge in [0.25, 0.3) is 5.91 Å². The van der Waals surface area contributed by atoms with Crippen LogP contribution < -0.4 is 4.90 Å². The Balaban J connectivity index is 2.53. The summed E-state index contributed by atoms with van der Waals surface area (Å²) < 4.78 is 10.1. The highest BCUT2D eigenvalue weighted by molar-refractivity contribution is 6.42. The number of benzene rings is 2. The number of hydrogen-bond donors (Lipinski definition) is 0. The normalized spacial score (nSPS) is 11.0. The molecule has 30 heavy (non-hydrogen) atoms. The van der Waals surface area contributed by atoms with E-state index in [1.807, 2.05) is 0 Å². The third-order valence-electron chi connectivity index (χ3n) is 3.75. The van der Waals surface area contributed by atoms with Crippen LogP contribution in [0.5, 0.6) is 0 Å². The van der Waals surface area contributed by atoms with Crippen LogP contribution in [-0.2, 0) is 14.3 Å². The molecule has 2 aromatic carbocycles. The first-order valence-electron chi connectivity index (χ1n) is 8.79. The Hall–Kier alpha value is -2.28. The Morgan fingerprint density at radius 2 is 1.60 bits per heavy atom. The van der Waals surface area contributed by atoms with Crippen molar-refractivity contribution in [2.75, 3.05) is 18.6 Å². The minimum Gasteiger partial charge on any atom is -0.465 e. The molecule has 0 bridgehead atoms. The van der Waals surface area contributed by atoms with Gasteiger partial charge in [-0.05, 0) is 51.1 Å². The van der Waals surface area contributed by atoms with Gasteiger partial charge in [-0.25, -0.2) is 4.79 Å². The van der Waals surface area contributed by atoms with E-state index in [0.29, 0.717) is 0 Å². The number of anilines is 1. The lowest BCUT2D eigenvalue weighted by molar-refractivity contribution is -0.152. The number of methoxy groups -OCH3 is 1. The molecule has 0 aliphatic heterocycles. The predicted octanol–water partition coefficient (Wildman–Crippen LogP) is 5.42. The first-order valence-corrected chi connectivity index (χ1v) is 9.93. The number of esters is 2. The molecule has 0 heterocycles. The van der Waals surface area contributed by atoms with Gasteiger partial charge < -0.3 is 9.47 Å². The van der Waals surface area contributed by atoms with Crippen LogP contribution in [-0.4, -0.2) is 37.1 Å². The van der Waals surface area contributed by atoms with Crippen molar-refractivity contribution in [2.24, 2.45) is 0 Å². The van der Waals surface area contributed by atoms with Gasteiger partial charge >= 0.3 is 11.9 Å². The van der Waals surface area contributed by atoms with Gasteiger partial charge in [0.15, 0.2) is 0 Å². The summed E-state index contributed by atoms with van der Waals surface area (Å²) in [5.74, 6) is -1.90. The van der Waals surface area contributed by atoms with Crippen LogP contribution in [0.15, 0.2) is 36.4 Å². The van der Waals surface area contributed by atoms with Gasteiger partial charge in [-0.15, -0.1) is 0 Å². The number of hydrogen-bond acceptors (Lipinski definition) is 5. The van der Waals surface area contributed by atoms with Crippen molar-refractivity contribution in [3.05, 3.63) is 62.6 Å². The van der Waals surface area contributed by atoms with E-state index in [2.05, 4.69) is 0 Å². The van der Waals surface area contributed by atoms with Gasteiger partial charge in [0.2, 0.25) is 0 Å². The number of ether oxygens (including phenoxy) is 2. The average Bonchev–Trinajstić information content (AvgIpc) is 2.63. The number of carbonyl (C=O) groups is 3. The standard InChI is InChI=1S/C21H20Cl3NO5/c1-21(2,3)30-17(26)11-25(14-7-5-6-12(8-14)20(28)29-4)19(27)18-15(23)9-13(22)10-16(18)24/h5-10H,11H2,1-4H3. The molecule has 0 saturated heterocycles. The lowest BCUT2D eigenvalue weighted by Crippen LogP contribution is -2.39. The first kappa shape index (κ1) is 24.0. The van der Waals surface area contributed by atoms with Crippen LogP contribution in [0, 0.1) is 0 Å². The van der Waals surface area contributed by atoms with E-state index >= 15 is 0 Å². The van der Waals surface area contributed by atoms with E-state index in [1.54, 1.807) is 32.9 Å². The maximum absolute atomic E-state index is 13.3. The summed E-state index contributed by atoms with van der Waals surface area (Å²) >= 11 is 18.3. The summed E-state index contributed by atoms with van der Waals surface area (Å²) in [7, 11) is 1.24. The Labute approximate surface area is 189 Å². The van der Waals surface area contributed by atoms with E-state index in [9.17, 15) is 14.4 Å². The van der Waals surface area contributed by atoms with E-state index in [-0.39, 0.29) is 31.9 Å². The molecular weight excluding hydrogens is 453 g/mol. The van der Waals surface area contributed by atoms with E-state index < -0.39 is 30.0 Å². The molecule has 0 radical (unpaired) electrons. The fourth-order valence-electron chi connectivity index (χ4n) is 2.58. The zero-order chi connectivity index (χ0) is 22.6. The molecule has 1 amide bonds. The van der Waals surface area contributed by atoms with Crippen molar-refractivity contribution in [1.82, 2.24) is 0 Å².